The van der Waals surface area contributed by atoms with E-state index in [-0.39, 0.29) is 6.03 Å². The molecule has 0 bridgehead atoms. The molecule has 2 amide bonds. The molecule has 3 rings (SSSR count). The number of urea groups is 1. The van der Waals surface area contributed by atoms with Crippen molar-refractivity contribution >= 4 is 23.3 Å². The summed E-state index contributed by atoms with van der Waals surface area (Å²) < 4.78 is 5.62. The molecule has 24 heavy (non-hydrogen) atoms. The van der Waals surface area contributed by atoms with E-state index in [4.69, 9.17) is 16.0 Å². The van der Waals surface area contributed by atoms with Gasteiger partial charge in [0.25, 0.3) is 0 Å². The molecule has 0 radical (unpaired) electrons. The van der Waals surface area contributed by atoms with E-state index in [1.807, 2.05) is 30.9 Å². The smallest absolute Gasteiger partial charge is 0.321 e. The number of aromatic nitrogens is 1. The fraction of sp³-hybridized carbons (Fsp3) is 0.412. The molecule has 0 spiro atoms. The van der Waals surface area contributed by atoms with Crippen LogP contribution in [0.25, 0.3) is 0 Å². The van der Waals surface area contributed by atoms with Gasteiger partial charge in [-0.05, 0) is 32.0 Å². The quantitative estimate of drug-likeness (QED) is 0.924. The standard InChI is InChI=1S/C17H21ClN4O2/c1-12-13(2)24-16(19-12)11-21-6-8-22(9-7-21)17(23)20-15-5-3-4-14(18)10-15/h3-5,10H,6-9,11H2,1-2H3,(H,20,23). The third kappa shape index (κ3) is 4.07. The maximum absolute atomic E-state index is 12.3. The molecule has 6 nitrogen and oxygen atoms in total. The van der Waals surface area contributed by atoms with Crippen LogP contribution in [0, 0.1) is 13.8 Å². The van der Waals surface area contributed by atoms with E-state index in [1.165, 1.54) is 0 Å². The number of anilines is 1. The zero-order chi connectivity index (χ0) is 17.1. The summed E-state index contributed by atoms with van der Waals surface area (Å²) in [5.41, 5.74) is 1.64. The summed E-state index contributed by atoms with van der Waals surface area (Å²) in [5.74, 6) is 1.60. The van der Waals surface area contributed by atoms with Gasteiger partial charge in [-0.2, -0.15) is 0 Å². The van der Waals surface area contributed by atoms with Crippen LogP contribution >= 0.6 is 11.6 Å². The lowest BCUT2D eigenvalue weighted by Gasteiger charge is -2.34. The van der Waals surface area contributed by atoms with Gasteiger partial charge in [0.2, 0.25) is 5.89 Å². The molecular weight excluding hydrogens is 328 g/mol. The number of amides is 2. The van der Waals surface area contributed by atoms with E-state index >= 15 is 0 Å². The Morgan fingerprint density at radius 3 is 2.67 bits per heavy atom. The van der Waals surface area contributed by atoms with Crippen LogP contribution in [0.1, 0.15) is 17.3 Å². The number of oxazole rings is 1. The predicted molar refractivity (Wildman–Crippen MR) is 93.3 cm³/mol. The molecule has 7 heteroatoms. The van der Waals surface area contributed by atoms with Gasteiger partial charge < -0.3 is 14.6 Å². The third-order valence-electron chi connectivity index (χ3n) is 4.17. The van der Waals surface area contributed by atoms with Crippen molar-refractivity contribution in [3.63, 3.8) is 0 Å². The van der Waals surface area contributed by atoms with Crippen molar-refractivity contribution in [2.24, 2.45) is 0 Å². The minimum atomic E-state index is -0.0975. The summed E-state index contributed by atoms with van der Waals surface area (Å²) in [6, 6.07) is 7.06. The Labute approximate surface area is 146 Å². The largest absolute Gasteiger partial charge is 0.444 e. The molecule has 1 aliphatic heterocycles. The lowest BCUT2D eigenvalue weighted by Crippen LogP contribution is -2.49. The van der Waals surface area contributed by atoms with Gasteiger partial charge in [0.15, 0.2) is 0 Å². The molecule has 1 fully saturated rings. The summed E-state index contributed by atoms with van der Waals surface area (Å²) >= 11 is 5.94. The minimum absolute atomic E-state index is 0.0975. The molecule has 1 N–H and O–H groups in total. The van der Waals surface area contributed by atoms with Crippen molar-refractivity contribution in [1.82, 2.24) is 14.8 Å². The number of aryl methyl sites for hydroxylation is 2. The monoisotopic (exact) mass is 348 g/mol. The second kappa shape index (κ2) is 7.23. The van der Waals surface area contributed by atoms with Crippen LogP contribution in [0.4, 0.5) is 10.5 Å². The third-order valence-corrected chi connectivity index (χ3v) is 4.40. The number of hydrogen-bond donors (Lipinski definition) is 1. The Morgan fingerprint density at radius 1 is 1.29 bits per heavy atom. The maximum atomic E-state index is 12.3. The van der Waals surface area contributed by atoms with Crippen molar-refractivity contribution in [2.75, 3.05) is 31.5 Å². The van der Waals surface area contributed by atoms with Gasteiger partial charge in [-0.25, -0.2) is 9.78 Å². The van der Waals surface area contributed by atoms with Crippen LogP contribution in [0.15, 0.2) is 28.7 Å². The maximum Gasteiger partial charge on any atom is 0.321 e. The average Bonchev–Trinajstić information content (AvgIpc) is 2.86. The minimum Gasteiger partial charge on any atom is -0.444 e. The summed E-state index contributed by atoms with van der Waals surface area (Å²) in [6.07, 6.45) is 0. The van der Waals surface area contributed by atoms with Gasteiger partial charge >= 0.3 is 6.03 Å². The molecule has 2 heterocycles. The summed E-state index contributed by atoms with van der Waals surface area (Å²) in [6.45, 7) is 7.48. The Hall–Kier alpha value is -2.05. The van der Waals surface area contributed by atoms with Gasteiger partial charge in [0.05, 0.1) is 12.2 Å². The van der Waals surface area contributed by atoms with E-state index in [9.17, 15) is 4.79 Å². The highest BCUT2D eigenvalue weighted by Gasteiger charge is 2.22. The number of nitrogens with zero attached hydrogens (tertiary/aromatic N) is 3. The molecule has 0 atom stereocenters. The number of nitrogens with one attached hydrogen (secondary N) is 1. The molecule has 1 aromatic carbocycles. The molecule has 0 unspecified atom stereocenters. The van der Waals surface area contributed by atoms with Crippen molar-refractivity contribution < 1.29 is 9.21 Å². The van der Waals surface area contributed by atoms with Crippen molar-refractivity contribution in [1.29, 1.82) is 0 Å². The lowest BCUT2D eigenvalue weighted by molar-refractivity contribution is 0.135. The van der Waals surface area contributed by atoms with Crippen LogP contribution in [0.3, 0.4) is 0 Å². The normalized spacial score (nSPS) is 15.5. The highest BCUT2D eigenvalue weighted by atomic mass is 35.5. The average molecular weight is 349 g/mol. The Kier molecular flexibility index (Phi) is 5.06. The van der Waals surface area contributed by atoms with Crippen LogP contribution < -0.4 is 5.32 Å². The molecule has 1 aromatic heterocycles. The molecule has 1 saturated heterocycles. The first-order valence-corrected chi connectivity index (χ1v) is 8.36. The van der Waals surface area contributed by atoms with Crippen LogP contribution in [0.2, 0.25) is 5.02 Å². The summed E-state index contributed by atoms with van der Waals surface area (Å²) in [5, 5.41) is 3.49. The Morgan fingerprint density at radius 2 is 2.04 bits per heavy atom. The Balaban J connectivity index is 1.50. The van der Waals surface area contributed by atoms with Gasteiger partial charge in [-0.3, -0.25) is 4.90 Å². The second-order valence-electron chi connectivity index (χ2n) is 5.95. The first-order chi connectivity index (χ1) is 11.5. The zero-order valence-electron chi connectivity index (χ0n) is 13.9. The summed E-state index contributed by atoms with van der Waals surface area (Å²) in [7, 11) is 0. The lowest BCUT2D eigenvalue weighted by atomic mass is 10.3. The van der Waals surface area contributed by atoms with E-state index in [1.54, 1.807) is 12.1 Å². The molecular formula is C17H21ClN4O2. The number of rotatable bonds is 3. The van der Waals surface area contributed by atoms with Gasteiger partial charge in [0.1, 0.15) is 5.76 Å². The molecule has 1 aliphatic rings. The van der Waals surface area contributed by atoms with E-state index < -0.39 is 0 Å². The molecule has 0 saturated carbocycles. The first-order valence-electron chi connectivity index (χ1n) is 7.98. The van der Waals surface area contributed by atoms with E-state index in [0.29, 0.717) is 30.3 Å². The highest BCUT2D eigenvalue weighted by molar-refractivity contribution is 6.30. The van der Waals surface area contributed by atoms with Gasteiger partial charge in [-0.1, -0.05) is 17.7 Å². The molecule has 128 valence electrons. The second-order valence-corrected chi connectivity index (χ2v) is 6.39. The van der Waals surface area contributed by atoms with Gasteiger partial charge in [-0.15, -0.1) is 0 Å². The fourth-order valence-corrected chi connectivity index (χ4v) is 2.87. The van der Waals surface area contributed by atoms with Crippen molar-refractivity contribution in [2.45, 2.75) is 20.4 Å². The molecule has 0 aliphatic carbocycles. The van der Waals surface area contributed by atoms with Crippen molar-refractivity contribution in [3.8, 4) is 0 Å². The number of hydrogen-bond acceptors (Lipinski definition) is 4. The number of carbonyl (C=O) groups is 1. The SMILES string of the molecule is Cc1nc(CN2CCN(C(=O)Nc3cccc(Cl)c3)CC2)oc1C. The van der Waals surface area contributed by atoms with Crippen LogP contribution in [-0.2, 0) is 6.54 Å². The molecule has 2 aromatic rings. The highest BCUT2D eigenvalue weighted by Crippen LogP contribution is 2.16. The van der Waals surface area contributed by atoms with Crippen LogP contribution in [0.5, 0.6) is 0 Å². The van der Waals surface area contributed by atoms with Crippen LogP contribution in [-0.4, -0.2) is 47.0 Å². The van der Waals surface area contributed by atoms with Crippen molar-refractivity contribution in [3.05, 3.63) is 46.6 Å². The topological polar surface area (TPSA) is 61.6 Å². The fourth-order valence-electron chi connectivity index (χ4n) is 2.68. The summed E-state index contributed by atoms with van der Waals surface area (Å²) in [4.78, 5) is 20.8. The number of piperazine rings is 1. The van der Waals surface area contributed by atoms with E-state index in [2.05, 4.69) is 15.2 Å². The number of halogens is 1. The number of carbonyl (C=O) groups excluding carboxylic acids is 1. The zero-order valence-corrected chi connectivity index (χ0v) is 14.6. The van der Waals surface area contributed by atoms with Gasteiger partial charge in [0, 0.05) is 36.9 Å². The predicted octanol–water partition coefficient (Wildman–Crippen LogP) is 3.29. The first kappa shape index (κ1) is 16.8. The Bertz CT molecular complexity index is 704. The van der Waals surface area contributed by atoms with E-state index in [0.717, 1.165) is 30.4 Å². The number of benzene rings is 1.